The highest BCUT2D eigenvalue weighted by atomic mass is 35.5. The highest BCUT2D eigenvalue weighted by Crippen LogP contribution is 2.17. The first kappa shape index (κ1) is 20.7. The van der Waals surface area contributed by atoms with Gasteiger partial charge in [0.1, 0.15) is 0 Å². The van der Waals surface area contributed by atoms with Crippen molar-refractivity contribution in [3.8, 4) is 0 Å². The van der Waals surface area contributed by atoms with E-state index in [4.69, 9.17) is 5.73 Å². The lowest BCUT2D eigenvalue weighted by Gasteiger charge is -2.18. The van der Waals surface area contributed by atoms with E-state index < -0.39 is 6.04 Å². The minimum atomic E-state index is -0.603. The molecule has 134 valence electrons. The summed E-state index contributed by atoms with van der Waals surface area (Å²) >= 11 is 0. The van der Waals surface area contributed by atoms with Crippen molar-refractivity contribution in [3.05, 3.63) is 65.7 Å². The molecule has 2 unspecified atom stereocenters. The Hall–Kier alpha value is -2.37. The van der Waals surface area contributed by atoms with Crippen LogP contribution in [0.5, 0.6) is 0 Å². The molecule has 2 rings (SSSR count). The Morgan fingerprint density at radius 2 is 1.76 bits per heavy atom. The maximum atomic E-state index is 12.3. The van der Waals surface area contributed by atoms with Gasteiger partial charge in [-0.05, 0) is 36.6 Å². The fraction of sp³-hybridized carbons (Fsp3) is 0.263. The van der Waals surface area contributed by atoms with E-state index in [0.717, 1.165) is 11.1 Å². The molecule has 2 atom stereocenters. The summed E-state index contributed by atoms with van der Waals surface area (Å²) in [6.45, 7) is 3.35. The van der Waals surface area contributed by atoms with Gasteiger partial charge in [0.25, 0.3) is 0 Å². The van der Waals surface area contributed by atoms with Gasteiger partial charge in [-0.2, -0.15) is 0 Å². The number of carbonyl (C=O) groups excluding carboxylic acids is 2. The number of carbonyl (C=O) groups is 2. The molecule has 0 spiro atoms. The number of halogens is 1. The summed E-state index contributed by atoms with van der Waals surface area (Å²) in [7, 11) is 0. The van der Waals surface area contributed by atoms with Crippen LogP contribution >= 0.6 is 12.4 Å². The molecule has 0 aromatic heterocycles. The number of rotatable bonds is 6. The van der Waals surface area contributed by atoms with Gasteiger partial charge in [0.15, 0.2) is 0 Å². The lowest BCUT2D eigenvalue weighted by molar-refractivity contribution is -0.123. The van der Waals surface area contributed by atoms with E-state index in [2.05, 4.69) is 10.6 Å². The second-order valence-corrected chi connectivity index (χ2v) is 5.83. The summed E-state index contributed by atoms with van der Waals surface area (Å²) in [6, 6.07) is 16.3. The molecule has 0 heterocycles. The van der Waals surface area contributed by atoms with Crippen molar-refractivity contribution in [2.45, 2.75) is 32.4 Å². The van der Waals surface area contributed by atoms with E-state index in [9.17, 15) is 9.59 Å². The third kappa shape index (κ3) is 6.57. The second-order valence-electron chi connectivity index (χ2n) is 5.83. The quantitative estimate of drug-likeness (QED) is 0.739. The Bertz CT molecular complexity index is 707. The van der Waals surface area contributed by atoms with Crippen molar-refractivity contribution in [2.24, 2.45) is 5.73 Å². The van der Waals surface area contributed by atoms with Gasteiger partial charge in [-0.25, -0.2) is 0 Å². The predicted octanol–water partition coefficient (Wildman–Crippen LogP) is 2.81. The van der Waals surface area contributed by atoms with Crippen molar-refractivity contribution in [3.63, 3.8) is 0 Å². The molecule has 4 N–H and O–H groups in total. The molecule has 0 bridgehead atoms. The van der Waals surface area contributed by atoms with Crippen LogP contribution in [0.2, 0.25) is 0 Å². The van der Waals surface area contributed by atoms with Gasteiger partial charge in [0, 0.05) is 12.6 Å². The van der Waals surface area contributed by atoms with Crippen LogP contribution in [0.4, 0.5) is 5.69 Å². The Labute approximate surface area is 154 Å². The molecular formula is C19H24ClN3O2. The van der Waals surface area contributed by atoms with Crippen LogP contribution in [0.3, 0.4) is 0 Å². The van der Waals surface area contributed by atoms with Crippen molar-refractivity contribution < 1.29 is 9.59 Å². The summed E-state index contributed by atoms with van der Waals surface area (Å²) in [6.07, 6.45) is 0.491. The van der Waals surface area contributed by atoms with Crippen LogP contribution in [-0.2, 0) is 16.0 Å². The molecule has 2 aromatic rings. The molecule has 0 saturated carbocycles. The zero-order valence-corrected chi connectivity index (χ0v) is 15.2. The van der Waals surface area contributed by atoms with Crippen molar-refractivity contribution in [2.75, 3.05) is 5.32 Å². The summed E-state index contributed by atoms with van der Waals surface area (Å²) in [5.41, 5.74) is 8.64. The number of hydrogen-bond acceptors (Lipinski definition) is 3. The van der Waals surface area contributed by atoms with Crippen LogP contribution in [0.15, 0.2) is 54.6 Å². The average Bonchev–Trinajstić information content (AvgIpc) is 2.55. The molecule has 0 aliphatic heterocycles. The zero-order chi connectivity index (χ0) is 17.5. The molecule has 5 nitrogen and oxygen atoms in total. The van der Waals surface area contributed by atoms with Crippen LogP contribution in [0.25, 0.3) is 0 Å². The van der Waals surface area contributed by atoms with Gasteiger partial charge in [0.2, 0.25) is 11.8 Å². The van der Waals surface area contributed by atoms with Crippen LogP contribution < -0.4 is 16.4 Å². The molecule has 25 heavy (non-hydrogen) atoms. The number of nitrogens with two attached hydrogens (primary N) is 1. The third-order valence-corrected chi connectivity index (χ3v) is 3.70. The third-order valence-electron chi connectivity index (χ3n) is 3.70. The van der Waals surface area contributed by atoms with E-state index in [-0.39, 0.29) is 30.3 Å². The Kier molecular flexibility index (Phi) is 8.11. The van der Waals surface area contributed by atoms with Crippen molar-refractivity contribution >= 4 is 29.9 Å². The van der Waals surface area contributed by atoms with E-state index in [1.54, 1.807) is 6.07 Å². The number of anilines is 1. The lowest BCUT2D eigenvalue weighted by atomic mass is 10.0. The van der Waals surface area contributed by atoms with Gasteiger partial charge in [0.05, 0.1) is 12.1 Å². The summed E-state index contributed by atoms with van der Waals surface area (Å²) in [4.78, 5) is 23.4. The highest BCUT2D eigenvalue weighted by Gasteiger charge is 2.17. The molecule has 0 aliphatic rings. The summed E-state index contributed by atoms with van der Waals surface area (Å²) < 4.78 is 0. The minimum absolute atomic E-state index is 0. The standard InChI is InChI=1S/C19H23N3O2.ClH/c1-13(16-9-6-10-17(12-16)22-14(2)23)21-19(24)18(20)11-15-7-4-3-5-8-15;/h3-10,12-13,18H,11,20H2,1-2H3,(H,21,24)(H,22,23);1H. The molecule has 6 heteroatoms. The largest absolute Gasteiger partial charge is 0.348 e. The van der Waals surface area contributed by atoms with Crippen molar-refractivity contribution in [1.29, 1.82) is 0 Å². The normalized spacial score (nSPS) is 12.4. The van der Waals surface area contributed by atoms with E-state index in [1.807, 2.05) is 55.5 Å². The molecule has 2 aromatic carbocycles. The molecule has 0 fully saturated rings. The van der Waals surface area contributed by atoms with Crippen LogP contribution in [0.1, 0.15) is 31.0 Å². The van der Waals surface area contributed by atoms with Gasteiger partial charge in [-0.15, -0.1) is 12.4 Å². The second kappa shape index (κ2) is 9.81. The molecule has 0 radical (unpaired) electrons. The van der Waals surface area contributed by atoms with E-state index >= 15 is 0 Å². The zero-order valence-electron chi connectivity index (χ0n) is 14.4. The first-order chi connectivity index (χ1) is 11.5. The topological polar surface area (TPSA) is 84.2 Å². The number of nitrogens with one attached hydrogen (secondary N) is 2. The Morgan fingerprint density at radius 3 is 2.40 bits per heavy atom. The Morgan fingerprint density at radius 1 is 1.08 bits per heavy atom. The fourth-order valence-corrected chi connectivity index (χ4v) is 2.45. The monoisotopic (exact) mass is 361 g/mol. The first-order valence-electron chi connectivity index (χ1n) is 7.93. The number of amides is 2. The average molecular weight is 362 g/mol. The van der Waals surface area contributed by atoms with Gasteiger partial charge in [-0.1, -0.05) is 42.5 Å². The fourth-order valence-electron chi connectivity index (χ4n) is 2.45. The molecular weight excluding hydrogens is 338 g/mol. The molecule has 2 amide bonds. The Balaban J connectivity index is 0.00000312. The van der Waals surface area contributed by atoms with Gasteiger partial charge >= 0.3 is 0 Å². The smallest absolute Gasteiger partial charge is 0.237 e. The van der Waals surface area contributed by atoms with Gasteiger partial charge < -0.3 is 16.4 Å². The maximum Gasteiger partial charge on any atom is 0.237 e. The van der Waals surface area contributed by atoms with Crippen LogP contribution in [-0.4, -0.2) is 17.9 Å². The van der Waals surface area contributed by atoms with E-state index in [0.29, 0.717) is 12.1 Å². The van der Waals surface area contributed by atoms with Crippen molar-refractivity contribution in [1.82, 2.24) is 5.32 Å². The summed E-state index contributed by atoms with van der Waals surface area (Å²) in [5, 5.41) is 5.65. The maximum absolute atomic E-state index is 12.3. The van der Waals surface area contributed by atoms with E-state index in [1.165, 1.54) is 6.92 Å². The first-order valence-corrected chi connectivity index (χ1v) is 7.93. The SMILES string of the molecule is CC(=O)Nc1cccc(C(C)NC(=O)C(N)Cc2ccccc2)c1.Cl. The highest BCUT2D eigenvalue weighted by molar-refractivity contribution is 5.88. The lowest BCUT2D eigenvalue weighted by Crippen LogP contribution is -2.42. The molecule has 0 saturated heterocycles. The number of benzene rings is 2. The minimum Gasteiger partial charge on any atom is -0.348 e. The van der Waals surface area contributed by atoms with Crippen LogP contribution in [0, 0.1) is 0 Å². The number of hydrogen-bond donors (Lipinski definition) is 3. The predicted molar refractivity (Wildman–Crippen MR) is 103 cm³/mol. The summed E-state index contributed by atoms with van der Waals surface area (Å²) in [5.74, 6) is -0.329. The molecule has 0 aliphatic carbocycles. The van der Waals surface area contributed by atoms with Gasteiger partial charge in [-0.3, -0.25) is 9.59 Å².